The molecular formula is C15H16N4O4. The molecule has 0 spiro atoms. The standard InChI is InChI=1S/C15H16N4O4/c1-10-3-5-13(11(2)7-10)16-9-14(20)18-17-8-12-4-6-15(23-12)19(21)22/h3-8,16H,9H2,1-2H3,(H,18,20). The summed E-state index contributed by atoms with van der Waals surface area (Å²) < 4.78 is 4.87. The minimum atomic E-state index is -0.649. The molecule has 0 fully saturated rings. The van der Waals surface area contributed by atoms with E-state index >= 15 is 0 Å². The average molecular weight is 316 g/mol. The Kier molecular flexibility index (Phi) is 5.08. The molecule has 120 valence electrons. The van der Waals surface area contributed by atoms with Crippen LogP contribution in [0.3, 0.4) is 0 Å². The molecule has 1 amide bonds. The summed E-state index contributed by atoms with van der Waals surface area (Å²) in [6, 6.07) is 8.48. The van der Waals surface area contributed by atoms with E-state index in [4.69, 9.17) is 4.42 Å². The highest BCUT2D eigenvalue weighted by Gasteiger charge is 2.10. The second-order valence-electron chi connectivity index (χ2n) is 4.90. The van der Waals surface area contributed by atoms with Crippen molar-refractivity contribution < 1.29 is 14.1 Å². The van der Waals surface area contributed by atoms with Crippen LogP contribution < -0.4 is 10.7 Å². The summed E-state index contributed by atoms with van der Waals surface area (Å²) in [7, 11) is 0. The Labute approximate surface area is 132 Å². The van der Waals surface area contributed by atoms with Gasteiger partial charge in [0.05, 0.1) is 18.8 Å². The molecule has 0 aliphatic rings. The highest BCUT2D eigenvalue weighted by Crippen LogP contribution is 2.15. The lowest BCUT2D eigenvalue weighted by Crippen LogP contribution is -2.26. The zero-order valence-corrected chi connectivity index (χ0v) is 12.7. The quantitative estimate of drug-likeness (QED) is 0.483. The van der Waals surface area contributed by atoms with E-state index in [1.807, 2.05) is 32.0 Å². The van der Waals surface area contributed by atoms with Gasteiger partial charge in [0.1, 0.15) is 4.92 Å². The Morgan fingerprint density at radius 3 is 2.78 bits per heavy atom. The molecule has 1 heterocycles. The number of carbonyl (C=O) groups excluding carboxylic acids is 1. The van der Waals surface area contributed by atoms with Crippen molar-refractivity contribution in [2.75, 3.05) is 11.9 Å². The number of benzene rings is 1. The third-order valence-electron chi connectivity index (χ3n) is 2.99. The molecule has 0 saturated heterocycles. The monoisotopic (exact) mass is 316 g/mol. The summed E-state index contributed by atoms with van der Waals surface area (Å²) in [4.78, 5) is 21.5. The van der Waals surface area contributed by atoms with E-state index in [0.717, 1.165) is 16.8 Å². The Bertz CT molecular complexity index is 752. The van der Waals surface area contributed by atoms with Gasteiger partial charge in [-0.15, -0.1) is 0 Å². The molecule has 0 radical (unpaired) electrons. The van der Waals surface area contributed by atoms with Crippen LogP contribution in [0.4, 0.5) is 11.6 Å². The molecule has 8 nitrogen and oxygen atoms in total. The fraction of sp³-hybridized carbons (Fsp3) is 0.200. The van der Waals surface area contributed by atoms with Gasteiger partial charge in [0.15, 0.2) is 5.76 Å². The van der Waals surface area contributed by atoms with Crippen molar-refractivity contribution in [3.63, 3.8) is 0 Å². The van der Waals surface area contributed by atoms with Crippen molar-refractivity contribution in [1.29, 1.82) is 0 Å². The molecule has 0 aliphatic carbocycles. The zero-order chi connectivity index (χ0) is 16.8. The molecule has 2 aromatic rings. The van der Waals surface area contributed by atoms with Gasteiger partial charge >= 0.3 is 5.88 Å². The summed E-state index contributed by atoms with van der Waals surface area (Å²) in [5.74, 6) is -0.545. The first-order chi connectivity index (χ1) is 11.0. The van der Waals surface area contributed by atoms with Crippen LogP contribution >= 0.6 is 0 Å². The van der Waals surface area contributed by atoms with E-state index in [-0.39, 0.29) is 24.1 Å². The van der Waals surface area contributed by atoms with Gasteiger partial charge < -0.3 is 9.73 Å². The molecule has 0 saturated carbocycles. The minimum Gasteiger partial charge on any atom is -0.400 e. The fourth-order valence-electron chi connectivity index (χ4n) is 1.90. The number of aryl methyl sites for hydroxylation is 2. The van der Waals surface area contributed by atoms with Crippen LogP contribution in [0.2, 0.25) is 0 Å². The van der Waals surface area contributed by atoms with Crippen molar-refractivity contribution in [2.45, 2.75) is 13.8 Å². The molecule has 1 aromatic heterocycles. The summed E-state index contributed by atoms with van der Waals surface area (Å²) in [5, 5.41) is 17.1. The number of hydrogen-bond acceptors (Lipinski definition) is 6. The molecule has 0 bridgehead atoms. The smallest absolute Gasteiger partial charge is 0.400 e. The van der Waals surface area contributed by atoms with Crippen molar-refractivity contribution in [3.05, 3.63) is 57.3 Å². The molecule has 0 atom stereocenters. The van der Waals surface area contributed by atoms with Crippen LogP contribution in [0.1, 0.15) is 16.9 Å². The molecule has 2 N–H and O–H groups in total. The molecular weight excluding hydrogens is 300 g/mol. The molecule has 0 unspecified atom stereocenters. The Hall–Kier alpha value is -3.16. The maximum Gasteiger partial charge on any atom is 0.433 e. The minimum absolute atomic E-state index is 0.0551. The van der Waals surface area contributed by atoms with Gasteiger partial charge in [-0.2, -0.15) is 5.10 Å². The normalized spacial score (nSPS) is 10.7. The number of nitrogens with zero attached hydrogens (tertiary/aromatic N) is 2. The first kappa shape index (κ1) is 16.2. The summed E-state index contributed by atoms with van der Waals surface area (Å²) >= 11 is 0. The van der Waals surface area contributed by atoms with E-state index < -0.39 is 4.92 Å². The van der Waals surface area contributed by atoms with E-state index in [1.54, 1.807) is 0 Å². The van der Waals surface area contributed by atoms with Gasteiger partial charge in [-0.1, -0.05) is 17.7 Å². The average Bonchev–Trinajstić information content (AvgIpc) is 2.95. The van der Waals surface area contributed by atoms with Gasteiger partial charge in [-0.3, -0.25) is 14.9 Å². The molecule has 2 rings (SSSR count). The molecule has 8 heteroatoms. The summed E-state index contributed by atoms with van der Waals surface area (Å²) in [6.45, 7) is 4.01. The number of hydrazone groups is 1. The van der Waals surface area contributed by atoms with Crippen LogP contribution in [0.5, 0.6) is 0 Å². The lowest BCUT2D eigenvalue weighted by Gasteiger charge is -2.09. The van der Waals surface area contributed by atoms with E-state index in [2.05, 4.69) is 15.8 Å². The number of hydrogen-bond donors (Lipinski definition) is 2. The summed E-state index contributed by atoms with van der Waals surface area (Å²) in [5.41, 5.74) is 5.37. The predicted molar refractivity (Wildman–Crippen MR) is 85.5 cm³/mol. The fourth-order valence-corrected chi connectivity index (χ4v) is 1.90. The Morgan fingerprint density at radius 1 is 1.35 bits per heavy atom. The first-order valence-corrected chi connectivity index (χ1v) is 6.83. The Balaban J connectivity index is 1.82. The topological polar surface area (TPSA) is 110 Å². The summed E-state index contributed by atoms with van der Waals surface area (Å²) in [6.07, 6.45) is 1.20. The van der Waals surface area contributed by atoms with Crippen molar-refractivity contribution in [2.24, 2.45) is 5.10 Å². The third kappa shape index (κ3) is 4.67. The van der Waals surface area contributed by atoms with Crippen molar-refractivity contribution >= 4 is 23.7 Å². The highest BCUT2D eigenvalue weighted by atomic mass is 16.6. The number of nitro groups is 1. The lowest BCUT2D eigenvalue weighted by molar-refractivity contribution is -0.402. The maximum absolute atomic E-state index is 11.7. The largest absolute Gasteiger partial charge is 0.433 e. The number of rotatable bonds is 6. The number of nitrogens with one attached hydrogen (secondary N) is 2. The molecule has 0 aliphatic heterocycles. The van der Waals surface area contributed by atoms with E-state index in [9.17, 15) is 14.9 Å². The van der Waals surface area contributed by atoms with Gasteiger partial charge in [-0.25, -0.2) is 5.43 Å². The van der Waals surface area contributed by atoms with Crippen LogP contribution in [0.25, 0.3) is 0 Å². The number of amides is 1. The first-order valence-electron chi connectivity index (χ1n) is 6.83. The van der Waals surface area contributed by atoms with Gasteiger partial charge in [0.25, 0.3) is 5.91 Å². The molecule has 1 aromatic carbocycles. The van der Waals surface area contributed by atoms with Crippen LogP contribution in [-0.4, -0.2) is 23.6 Å². The third-order valence-corrected chi connectivity index (χ3v) is 2.99. The van der Waals surface area contributed by atoms with Gasteiger partial charge in [0, 0.05) is 5.69 Å². The molecule has 23 heavy (non-hydrogen) atoms. The lowest BCUT2D eigenvalue weighted by atomic mass is 10.1. The predicted octanol–water partition coefficient (Wildman–Crippen LogP) is 2.37. The highest BCUT2D eigenvalue weighted by molar-refractivity contribution is 5.83. The van der Waals surface area contributed by atoms with Crippen LogP contribution in [-0.2, 0) is 4.79 Å². The van der Waals surface area contributed by atoms with Crippen LogP contribution in [0.15, 0.2) is 39.9 Å². The number of anilines is 1. The SMILES string of the molecule is Cc1ccc(NCC(=O)NN=Cc2ccc([N+](=O)[O-])o2)c(C)c1. The second-order valence-corrected chi connectivity index (χ2v) is 4.90. The number of carbonyl (C=O) groups is 1. The number of furan rings is 1. The van der Waals surface area contributed by atoms with E-state index in [1.165, 1.54) is 18.3 Å². The second kappa shape index (κ2) is 7.21. The zero-order valence-electron chi connectivity index (χ0n) is 12.7. The van der Waals surface area contributed by atoms with Crippen molar-refractivity contribution in [1.82, 2.24) is 5.43 Å². The van der Waals surface area contributed by atoms with Crippen LogP contribution in [0, 0.1) is 24.0 Å². The van der Waals surface area contributed by atoms with E-state index in [0.29, 0.717) is 0 Å². The van der Waals surface area contributed by atoms with Crippen molar-refractivity contribution in [3.8, 4) is 0 Å². The van der Waals surface area contributed by atoms with Gasteiger partial charge in [0.2, 0.25) is 0 Å². The Morgan fingerprint density at radius 2 is 2.13 bits per heavy atom. The maximum atomic E-state index is 11.7. The van der Waals surface area contributed by atoms with Gasteiger partial charge in [-0.05, 0) is 31.5 Å².